The molecular formula is C10H11F3O. The first kappa shape index (κ1) is 11.0. The van der Waals surface area contributed by atoms with Crippen LogP contribution in [0.15, 0.2) is 18.2 Å². The van der Waals surface area contributed by atoms with Crippen LogP contribution in [0.5, 0.6) is 0 Å². The average Bonchev–Trinajstić information content (AvgIpc) is 2.01. The zero-order valence-electron chi connectivity index (χ0n) is 7.67. The number of halogens is 3. The third-order valence-corrected chi connectivity index (χ3v) is 1.88. The molecule has 0 heterocycles. The van der Waals surface area contributed by atoms with E-state index in [2.05, 4.69) is 0 Å². The number of alkyl halides is 2. The summed E-state index contributed by atoms with van der Waals surface area (Å²) in [6.45, 7) is 1.47. The molecule has 0 fully saturated rings. The summed E-state index contributed by atoms with van der Waals surface area (Å²) >= 11 is 0. The lowest BCUT2D eigenvalue weighted by Gasteiger charge is -2.10. The lowest BCUT2D eigenvalue weighted by Crippen LogP contribution is -2.08. The quantitative estimate of drug-likeness (QED) is 0.802. The highest BCUT2D eigenvalue weighted by Gasteiger charge is 2.18. The van der Waals surface area contributed by atoms with Crippen molar-refractivity contribution in [2.75, 3.05) is 0 Å². The Balaban J connectivity index is 3.08. The maximum atomic E-state index is 13.0. The fourth-order valence-electron chi connectivity index (χ4n) is 1.32. The third kappa shape index (κ3) is 2.48. The molecule has 0 bridgehead atoms. The maximum Gasteiger partial charge on any atom is 0.266 e. The first-order valence-corrected chi connectivity index (χ1v) is 4.26. The van der Waals surface area contributed by atoms with Crippen molar-refractivity contribution in [3.63, 3.8) is 0 Å². The second kappa shape index (κ2) is 4.46. The molecule has 0 aliphatic carbocycles. The van der Waals surface area contributed by atoms with Crippen LogP contribution in [0.1, 0.15) is 24.5 Å². The molecule has 1 nitrogen and oxygen atoms in total. The van der Waals surface area contributed by atoms with Crippen LogP contribution < -0.4 is 0 Å². The summed E-state index contributed by atoms with van der Waals surface area (Å²) in [7, 11) is 0. The van der Waals surface area contributed by atoms with Gasteiger partial charge in [-0.1, -0.05) is 12.1 Å². The Hall–Kier alpha value is -1.03. The fraction of sp³-hybridized carbons (Fsp3) is 0.400. The number of rotatable bonds is 3. The van der Waals surface area contributed by atoms with Gasteiger partial charge in [-0.15, -0.1) is 0 Å². The van der Waals surface area contributed by atoms with Gasteiger partial charge >= 0.3 is 0 Å². The molecule has 0 radical (unpaired) electrons. The summed E-state index contributed by atoms with van der Waals surface area (Å²) in [6, 6.07) is 3.75. The number of hydrogen-bond donors (Lipinski definition) is 1. The molecule has 78 valence electrons. The number of benzene rings is 1. The number of aliphatic hydroxyl groups excluding tert-OH is 1. The van der Waals surface area contributed by atoms with Crippen molar-refractivity contribution >= 4 is 0 Å². The van der Waals surface area contributed by atoms with E-state index < -0.39 is 23.9 Å². The highest BCUT2D eigenvalue weighted by atomic mass is 19.3. The van der Waals surface area contributed by atoms with Gasteiger partial charge < -0.3 is 5.11 Å². The van der Waals surface area contributed by atoms with E-state index in [0.29, 0.717) is 0 Å². The molecule has 1 N–H and O–H groups in total. The molecule has 0 aliphatic rings. The molecule has 1 rings (SSSR count). The molecule has 14 heavy (non-hydrogen) atoms. The molecule has 0 aromatic heterocycles. The van der Waals surface area contributed by atoms with Crippen LogP contribution in [-0.2, 0) is 6.42 Å². The predicted octanol–water partition coefficient (Wildman–Crippen LogP) is 2.69. The van der Waals surface area contributed by atoms with Crippen molar-refractivity contribution in [1.29, 1.82) is 0 Å². The Labute approximate surface area is 80.2 Å². The summed E-state index contributed by atoms with van der Waals surface area (Å²) < 4.78 is 37.8. The van der Waals surface area contributed by atoms with E-state index in [9.17, 15) is 13.2 Å². The Morgan fingerprint density at radius 3 is 2.50 bits per heavy atom. The number of hydrogen-bond acceptors (Lipinski definition) is 1. The van der Waals surface area contributed by atoms with Gasteiger partial charge in [0.1, 0.15) is 5.82 Å². The van der Waals surface area contributed by atoms with Crippen LogP contribution in [0.2, 0.25) is 0 Å². The Kier molecular flexibility index (Phi) is 3.52. The van der Waals surface area contributed by atoms with E-state index in [1.165, 1.54) is 19.1 Å². The topological polar surface area (TPSA) is 20.2 Å². The monoisotopic (exact) mass is 204 g/mol. The van der Waals surface area contributed by atoms with Crippen LogP contribution in [0.25, 0.3) is 0 Å². The van der Waals surface area contributed by atoms with Crippen LogP contribution in [0.4, 0.5) is 13.2 Å². The molecule has 1 unspecified atom stereocenters. The van der Waals surface area contributed by atoms with Gasteiger partial charge in [0.15, 0.2) is 0 Å². The van der Waals surface area contributed by atoms with Crippen LogP contribution in [0, 0.1) is 5.82 Å². The van der Waals surface area contributed by atoms with E-state index in [1.807, 2.05) is 0 Å². The minimum atomic E-state index is -2.84. The summed E-state index contributed by atoms with van der Waals surface area (Å²) in [4.78, 5) is 0. The minimum absolute atomic E-state index is 0.0391. The Bertz CT molecular complexity index is 310. The molecule has 0 spiro atoms. The van der Waals surface area contributed by atoms with E-state index in [1.54, 1.807) is 0 Å². The first-order valence-electron chi connectivity index (χ1n) is 4.26. The average molecular weight is 204 g/mol. The van der Waals surface area contributed by atoms with E-state index in [0.717, 1.165) is 6.07 Å². The van der Waals surface area contributed by atoms with E-state index in [4.69, 9.17) is 5.11 Å². The van der Waals surface area contributed by atoms with Crippen molar-refractivity contribution in [2.45, 2.75) is 25.9 Å². The molecule has 0 amide bonds. The van der Waals surface area contributed by atoms with Crippen LogP contribution in [0.3, 0.4) is 0 Å². The summed E-state index contributed by atoms with van der Waals surface area (Å²) in [6.07, 6.45) is -3.56. The third-order valence-electron chi connectivity index (χ3n) is 1.88. The maximum absolute atomic E-state index is 13.0. The van der Waals surface area contributed by atoms with Gasteiger partial charge in [-0.2, -0.15) is 0 Å². The van der Waals surface area contributed by atoms with Gasteiger partial charge in [0, 0.05) is 0 Å². The van der Waals surface area contributed by atoms with Gasteiger partial charge in [0.05, 0.1) is 11.7 Å². The van der Waals surface area contributed by atoms with Crippen molar-refractivity contribution in [1.82, 2.24) is 0 Å². The zero-order chi connectivity index (χ0) is 10.7. The lowest BCUT2D eigenvalue weighted by atomic mass is 10.0. The van der Waals surface area contributed by atoms with Crippen molar-refractivity contribution in [3.05, 3.63) is 35.1 Å². The molecular weight excluding hydrogens is 193 g/mol. The van der Waals surface area contributed by atoms with Crippen molar-refractivity contribution < 1.29 is 18.3 Å². The van der Waals surface area contributed by atoms with Gasteiger partial charge in [-0.3, -0.25) is 0 Å². The Morgan fingerprint density at radius 1 is 1.36 bits per heavy atom. The van der Waals surface area contributed by atoms with Gasteiger partial charge in [-0.25, -0.2) is 13.2 Å². The molecule has 1 atom stereocenters. The van der Waals surface area contributed by atoms with E-state index in [-0.39, 0.29) is 12.0 Å². The standard InChI is InChI=1S/C10H11F3O/c1-6(14)5-7-3-2-4-8(11)9(7)10(12)13/h2-4,6,10,14H,5H2,1H3. The smallest absolute Gasteiger partial charge is 0.266 e. The SMILES string of the molecule is CC(O)Cc1cccc(F)c1C(F)F. The van der Waals surface area contributed by atoms with Crippen LogP contribution >= 0.6 is 0 Å². The van der Waals surface area contributed by atoms with Gasteiger partial charge in [0.25, 0.3) is 6.43 Å². The first-order chi connectivity index (χ1) is 6.52. The van der Waals surface area contributed by atoms with Crippen LogP contribution in [-0.4, -0.2) is 11.2 Å². The highest BCUT2D eigenvalue weighted by Crippen LogP contribution is 2.26. The molecule has 4 heteroatoms. The fourth-order valence-corrected chi connectivity index (χ4v) is 1.32. The normalized spacial score (nSPS) is 13.3. The second-order valence-corrected chi connectivity index (χ2v) is 3.17. The number of aliphatic hydroxyl groups is 1. The predicted molar refractivity (Wildman–Crippen MR) is 46.7 cm³/mol. The summed E-state index contributed by atoms with van der Waals surface area (Å²) in [5.41, 5.74) is -0.441. The molecule has 1 aromatic rings. The second-order valence-electron chi connectivity index (χ2n) is 3.17. The highest BCUT2D eigenvalue weighted by molar-refractivity contribution is 5.30. The van der Waals surface area contributed by atoms with E-state index >= 15 is 0 Å². The molecule has 0 aliphatic heterocycles. The summed E-state index contributed by atoms with van der Waals surface area (Å²) in [5, 5.41) is 9.04. The van der Waals surface area contributed by atoms with Gasteiger partial charge in [-0.05, 0) is 25.0 Å². The minimum Gasteiger partial charge on any atom is -0.393 e. The molecule has 0 saturated heterocycles. The van der Waals surface area contributed by atoms with Crippen molar-refractivity contribution in [2.24, 2.45) is 0 Å². The lowest BCUT2D eigenvalue weighted by molar-refractivity contribution is 0.142. The van der Waals surface area contributed by atoms with Gasteiger partial charge in [0.2, 0.25) is 0 Å². The molecule has 0 saturated carbocycles. The zero-order valence-corrected chi connectivity index (χ0v) is 7.67. The Morgan fingerprint density at radius 2 is 2.00 bits per heavy atom. The molecule has 1 aromatic carbocycles. The largest absolute Gasteiger partial charge is 0.393 e. The van der Waals surface area contributed by atoms with Crippen molar-refractivity contribution in [3.8, 4) is 0 Å². The summed E-state index contributed by atoms with van der Waals surface area (Å²) in [5.74, 6) is -0.918.